The summed E-state index contributed by atoms with van der Waals surface area (Å²) in [4.78, 5) is 30.7. The van der Waals surface area contributed by atoms with Gasteiger partial charge in [0.05, 0.1) is 40.3 Å². The Morgan fingerprint density at radius 3 is 2.74 bits per heavy atom. The number of aromatic nitrogens is 6. The van der Waals surface area contributed by atoms with Crippen molar-refractivity contribution in [2.45, 2.75) is 45.1 Å². The molecule has 7 rings (SSSR count). The number of hydrogen-bond donors (Lipinski definition) is 2. The summed E-state index contributed by atoms with van der Waals surface area (Å²) in [7, 11) is 0. The Kier molecular flexibility index (Phi) is 5.93. The molecule has 0 amide bonds. The van der Waals surface area contributed by atoms with Crippen LogP contribution in [0.1, 0.15) is 48.7 Å². The summed E-state index contributed by atoms with van der Waals surface area (Å²) in [6, 6.07) is 12.0. The van der Waals surface area contributed by atoms with E-state index in [1.807, 2.05) is 36.5 Å². The van der Waals surface area contributed by atoms with Crippen molar-refractivity contribution in [1.82, 2.24) is 30.1 Å². The second-order valence-corrected chi connectivity index (χ2v) is 11.1. The molecule has 6 aromatic rings. The summed E-state index contributed by atoms with van der Waals surface area (Å²) in [6.45, 7) is 1.59. The fraction of sp³-hybridized carbons (Fsp3) is 0.233. The quantitative estimate of drug-likeness (QED) is 0.219. The van der Waals surface area contributed by atoms with Crippen molar-refractivity contribution in [1.29, 1.82) is 0 Å². The number of pyridine rings is 3. The molecule has 0 saturated heterocycles. The lowest BCUT2D eigenvalue weighted by Crippen LogP contribution is -2.19. The van der Waals surface area contributed by atoms with Crippen molar-refractivity contribution >= 4 is 39.1 Å². The van der Waals surface area contributed by atoms with Crippen LogP contribution in [0.25, 0.3) is 55.0 Å². The van der Waals surface area contributed by atoms with Crippen molar-refractivity contribution in [3.63, 3.8) is 0 Å². The van der Waals surface area contributed by atoms with E-state index in [1.165, 1.54) is 30.6 Å². The van der Waals surface area contributed by atoms with Gasteiger partial charge in [-0.05, 0) is 69.0 Å². The van der Waals surface area contributed by atoms with Gasteiger partial charge in [-0.1, -0.05) is 6.42 Å². The van der Waals surface area contributed by atoms with Crippen molar-refractivity contribution in [2.24, 2.45) is 0 Å². The topological polar surface area (TPSA) is 109 Å². The largest absolute Gasteiger partial charge is 0.489 e. The molecule has 0 radical (unpaired) electrons. The number of ether oxygens (including phenoxy) is 1. The molecule has 0 atom stereocenters. The third-order valence-corrected chi connectivity index (χ3v) is 8.54. The van der Waals surface area contributed by atoms with Crippen LogP contribution in [0.3, 0.4) is 0 Å². The molecule has 0 aliphatic heterocycles. The monoisotopic (exact) mass is 534 g/mol. The van der Waals surface area contributed by atoms with Crippen LogP contribution in [0.2, 0.25) is 0 Å². The number of thiophene rings is 1. The van der Waals surface area contributed by atoms with Gasteiger partial charge in [-0.15, -0.1) is 11.3 Å². The molecule has 0 unspecified atom stereocenters. The van der Waals surface area contributed by atoms with Crippen molar-refractivity contribution in [3.8, 4) is 38.8 Å². The van der Waals surface area contributed by atoms with Gasteiger partial charge in [-0.2, -0.15) is 5.10 Å². The average Bonchev–Trinajstić information content (AvgIpc) is 3.71. The van der Waals surface area contributed by atoms with Crippen LogP contribution in [0.5, 0.6) is 5.75 Å². The highest BCUT2D eigenvalue weighted by molar-refractivity contribution is 7.17. The number of nitrogens with one attached hydrogen (secondary N) is 2. The van der Waals surface area contributed by atoms with E-state index in [-0.39, 0.29) is 11.9 Å². The molecule has 1 aliphatic rings. The predicted molar refractivity (Wildman–Crippen MR) is 153 cm³/mol. The first-order valence-corrected chi connectivity index (χ1v) is 14.0. The van der Waals surface area contributed by atoms with Gasteiger partial charge in [-0.3, -0.25) is 19.9 Å². The standard InChI is InChI=1S/C30H26N6O2S/c1-17(37)27-7-8-28(39-27)21-9-10-32-30-22(21)12-25(34-30)29-23-13-24(33-16-26(23)35-36-29)18-11-20(15-31-14-18)38-19-5-3-2-4-6-19/h7-16,19H,2-6H2,1H3,(H,32,34)(H,35,36). The van der Waals surface area contributed by atoms with E-state index in [0.29, 0.717) is 0 Å². The van der Waals surface area contributed by atoms with Gasteiger partial charge >= 0.3 is 0 Å². The highest BCUT2D eigenvalue weighted by Gasteiger charge is 2.18. The zero-order valence-corrected chi connectivity index (χ0v) is 22.2. The second-order valence-electron chi connectivity index (χ2n) is 10.00. The van der Waals surface area contributed by atoms with Gasteiger partial charge in [0.15, 0.2) is 5.78 Å². The van der Waals surface area contributed by atoms with E-state index < -0.39 is 0 Å². The van der Waals surface area contributed by atoms with Crippen LogP contribution in [0.15, 0.2) is 61.2 Å². The number of fused-ring (bicyclic) bond motifs is 2. The Bertz CT molecular complexity index is 1830. The summed E-state index contributed by atoms with van der Waals surface area (Å²) in [5.74, 6) is 0.851. The average molecular weight is 535 g/mol. The van der Waals surface area contributed by atoms with Crippen LogP contribution >= 0.6 is 11.3 Å². The maximum atomic E-state index is 11.8. The Hall–Kier alpha value is -4.37. The molecule has 39 heavy (non-hydrogen) atoms. The Morgan fingerprint density at radius 1 is 1.00 bits per heavy atom. The van der Waals surface area contributed by atoms with Gasteiger partial charge in [-0.25, -0.2) is 4.98 Å². The third kappa shape index (κ3) is 4.48. The molecule has 194 valence electrons. The Balaban J connectivity index is 1.25. The van der Waals surface area contributed by atoms with E-state index in [9.17, 15) is 4.79 Å². The van der Waals surface area contributed by atoms with Crippen LogP contribution in [0.4, 0.5) is 0 Å². The molecular weight excluding hydrogens is 508 g/mol. The van der Waals surface area contributed by atoms with Crippen molar-refractivity contribution < 1.29 is 9.53 Å². The molecule has 1 fully saturated rings. The predicted octanol–water partition coefficient (Wildman–Crippen LogP) is 7.21. The number of nitrogens with zero attached hydrogens (tertiary/aromatic N) is 4. The maximum Gasteiger partial charge on any atom is 0.169 e. The van der Waals surface area contributed by atoms with E-state index in [2.05, 4.69) is 36.2 Å². The highest BCUT2D eigenvalue weighted by Crippen LogP contribution is 2.37. The fourth-order valence-corrected chi connectivity index (χ4v) is 6.26. The maximum absolute atomic E-state index is 11.8. The molecule has 0 bridgehead atoms. The minimum Gasteiger partial charge on any atom is -0.489 e. The Morgan fingerprint density at radius 2 is 1.90 bits per heavy atom. The lowest BCUT2D eigenvalue weighted by Gasteiger charge is -2.22. The number of H-pyrrole nitrogens is 2. The molecule has 6 heterocycles. The molecule has 6 aromatic heterocycles. The van der Waals surface area contributed by atoms with Gasteiger partial charge in [0.25, 0.3) is 0 Å². The van der Waals surface area contributed by atoms with E-state index in [0.717, 1.165) is 78.5 Å². The molecule has 0 aromatic carbocycles. The molecule has 1 aliphatic carbocycles. The number of ketones is 1. The van der Waals surface area contributed by atoms with Crippen LogP contribution in [-0.4, -0.2) is 42.0 Å². The molecule has 1 saturated carbocycles. The number of hydrogen-bond acceptors (Lipinski definition) is 7. The van der Waals surface area contributed by atoms with Gasteiger partial charge < -0.3 is 9.72 Å². The van der Waals surface area contributed by atoms with Gasteiger partial charge in [0, 0.05) is 39.2 Å². The van der Waals surface area contributed by atoms with Crippen LogP contribution < -0.4 is 4.74 Å². The third-order valence-electron chi connectivity index (χ3n) is 7.32. The highest BCUT2D eigenvalue weighted by atomic mass is 32.1. The van der Waals surface area contributed by atoms with Gasteiger partial charge in [0.2, 0.25) is 0 Å². The summed E-state index contributed by atoms with van der Waals surface area (Å²) in [6.07, 6.45) is 13.4. The van der Waals surface area contributed by atoms with Crippen LogP contribution in [0, 0.1) is 0 Å². The molecular formula is C30H26N6O2S. The minimum atomic E-state index is 0.0694. The number of carbonyl (C=O) groups is 1. The zero-order valence-electron chi connectivity index (χ0n) is 21.4. The number of aromatic amines is 2. The molecule has 8 nitrogen and oxygen atoms in total. The molecule has 9 heteroatoms. The first kappa shape index (κ1) is 23.7. The van der Waals surface area contributed by atoms with Crippen molar-refractivity contribution in [3.05, 3.63) is 66.1 Å². The lowest BCUT2D eigenvalue weighted by atomic mass is 9.98. The minimum absolute atomic E-state index is 0.0694. The lowest BCUT2D eigenvalue weighted by molar-refractivity contribution is 0.102. The smallest absolute Gasteiger partial charge is 0.169 e. The number of carbonyl (C=O) groups excluding carboxylic acids is 1. The number of rotatable bonds is 6. The first-order chi connectivity index (χ1) is 19.1. The van der Waals surface area contributed by atoms with Gasteiger partial charge in [0.1, 0.15) is 17.1 Å². The number of Topliss-reactive ketones (excluding diaryl/α,β-unsaturated/α-hetero) is 1. The first-order valence-electron chi connectivity index (χ1n) is 13.2. The fourth-order valence-electron chi connectivity index (χ4n) is 5.32. The van der Waals surface area contributed by atoms with E-state index >= 15 is 0 Å². The summed E-state index contributed by atoms with van der Waals surface area (Å²) < 4.78 is 6.24. The normalized spacial score (nSPS) is 14.3. The second kappa shape index (κ2) is 9.74. The zero-order chi connectivity index (χ0) is 26.3. The summed E-state index contributed by atoms with van der Waals surface area (Å²) >= 11 is 1.49. The van der Waals surface area contributed by atoms with E-state index in [4.69, 9.17) is 4.74 Å². The summed E-state index contributed by atoms with van der Waals surface area (Å²) in [5.41, 5.74) is 5.98. The summed E-state index contributed by atoms with van der Waals surface area (Å²) in [5, 5.41) is 9.65. The SMILES string of the molecule is CC(=O)c1ccc(-c2ccnc3[nH]c(-c4n[nH]c5cnc(-c6cncc(OC7CCCCC7)c6)cc45)cc23)s1. The Labute approximate surface area is 228 Å². The van der Waals surface area contributed by atoms with Crippen molar-refractivity contribution in [2.75, 3.05) is 0 Å². The van der Waals surface area contributed by atoms with Crippen LogP contribution in [-0.2, 0) is 0 Å². The van der Waals surface area contributed by atoms with E-state index in [1.54, 1.807) is 25.5 Å². The molecule has 2 N–H and O–H groups in total. The molecule has 0 spiro atoms.